The Balaban J connectivity index is 3.09. The first kappa shape index (κ1) is 14.0. The second-order valence-corrected chi connectivity index (χ2v) is 4.83. The second kappa shape index (κ2) is 5.09. The zero-order valence-corrected chi connectivity index (χ0v) is 11.4. The number of nitrogens with one attached hydrogen (secondary N) is 1. The number of anilines is 1. The molecule has 0 atom stereocenters. The van der Waals surface area contributed by atoms with E-state index in [1.807, 2.05) is 32.0 Å². The van der Waals surface area contributed by atoms with E-state index in [1.165, 1.54) is 0 Å². The topological polar surface area (TPSA) is 62.1 Å². The minimum absolute atomic E-state index is 0.341. The van der Waals surface area contributed by atoms with Crippen LogP contribution in [0.1, 0.15) is 25.0 Å². The molecular formula is C14H18N2O2. The Bertz CT molecular complexity index is 513. The van der Waals surface area contributed by atoms with Gasteiger partial charge >= 0.3 is 0 Å². The van der Waals surface area contributed by atoms with Crippen LogP contribution in [0.3, 0.4) is 0 Å². The minimum Gasteiger partial charge on any atom is -0.495 e. The summed E-state index contributed by atoms with van der Waals surface area (Å²) in [5, 5.41) is 11.7. The van der Waals surface area contributed by atoms with Gasteiger partial charge in [0.15, 0.2) is 0 Å². The molecule has 0 spiro atoms. The Morgan fingerprint density at radius 2 is 1.89 bits per heavy atom. The van der Waals surface area contributed by atoms with E-state index in [1.54, 1.807) is 21.0 Å². The third kappa shape index (κ3) is 2.80. The van der Waals surface area contributed by atoms with Crippen LogP contribution < -0.4 is 10.1 Å². The molecule has 1 rings (SSSR count). The summed E-state index contributed by atoms with van der Waals surface area (Å²) in [6.45, 7) is 7.09. The number of hydrogen-bond donors (Lipinski definition) is 1. The van der Waals surface area contributed by atoms with E-state index in [4.69, 9.17) is 10.00 Å². The number of carbonyl (C=O) groups excluding carboxylic acids is 1. The van der Waals surface area contributed by atoms with E-state index < -0.39 is 5.41 Å². The molecule has 0 aliphatic rings. The SMILES string of the molecule is COc1cc(C)c(C)cc1NC(=O)C(C)(C)C#N. The number of amides is 1. The van der Waals surface area contributed by atoms with Gasteiger partial charge in [-0.05, 0) is 51.0 Å². The summed E-state index contributed by atoms with van der Waals surface area (Å²) in [7, 11) is 1.55. The minimum atomic E-state index is -1.07. The van der Waals surface area contributed by atoms with Crippen LogP contribution in [0.2, 0.25) is 0 Å². The summed E-state index contributed by atoms with van der Waals surface area (Å²) in [5.74, 6) is 0.256. The maximum atomic E-state index is 11.9. The zero-order valence-electron chi connectivity index (χ0n) is 11.4. The molecule has 4 nitrogen and oxygen atoms in total. The molecule has 0 saturated heterocycles. The van der Waals surface area contributed by atoms with Gasteiger partial charge in [-0.25, -0.2) is 0 Å². The number of aryl methyl sites for hydroxylation is 2. The molecule has 0 aromatic heterocycles. The van der Waals surface area contributed by atoms with Crippen molar-refractivity contribution in [2.75, 3.05) is 12.4 Å². The fourth-order valence-electron chi connectivity index (χ4n) is 1.39. The van der Waals surface area contributed by atoms with Crippen LogP contribution in [-0.4, -0.2) is 13.0 Å². The Morgan fingerprint density at radius 1 is 1.33 bits per heavy atom. The Hall–Kier alpha value is -2.02. The summed E-state index contributed by atoms with van der Waals surface area (Å²) in [5.41, 5.74) is 1.67. The van der Waals surface area contributed by atoms with Crippen molar-refractivity contribution in [3.8, 4) is 11.8 Å². The molecule has 0 aliphatic heterocycles. The zero-order chi connectivity index (χ0) is 13.9. The molecule has 1 aromatic carbocycles. The van der Waals surface area contributed by atoms with E-state index in [0.717, 1.165) is 11.1 Å². The molecule has 0 saturated carbocycles. The molecule has 1 aromatic rings. The Labute approximate surface area is 108 Å². The molecule has 18 heavy (non-hydrogen) atoms. The number of nitriles is 1. The fourth-order valence-corrected chi connectivity index (χ4v) is 1.39. The van der Waals surface area contributed by atoms with Crippen LogP contribution in [-0.2, 0) is 4.79 Å². The van der Waals surface area contributed by atoms with E-state index in [-0.39, 0.29) is 5.91 Å². The van der Waals surface area contributed by atoms with E-state index in [0.29, 0.717) is 11.4 Å². The van der Waals surface area contributed by atoms with Gasteiger partial charge < -0.3 is 10.1 Å². The number of ether oxygens (including phenoxy) is 1. The summed E-state index contributed by atoms with van der Waals surface area (Å²) in [4.78, 5) is 11.9. The highest BCUT2D eigenvalue weighted by Crippen LogP contribution is 2.29. The first-order valence-electron chi connectivity index (χ1n) is 5.69. The molecule has 96 valence electrons. The second-order valence-electron chi connectivity index (χ2n) is 4.83. The third-order valence-corrected chi connectivity index (χ3v) is 2.91. The van der Waals surface area contributed by atoms with Gasteiger partial charge in [0.1, 0.15) is 11.2 Å². The quantitative estimate of drug-likeness (QED) is 0.892. The fraction of sp³-hybridized carbons (Fsp3) is 0.429. The first-order valence-corrected chi connectivity index (χ1v) is 5.69. The summed E-state index contributed by atoms with van der Waals surface area (Å²) >= 11 is 0. The van der Waals surface area contributed by atoms with Gasteiger partial charge in [0, 0.05) is 0 Å². The van der Waals surface area contributed by atoms with Crippen LogP contribution in [0.5, 0.6) is 5.75 Å². The maximum absolute atomic E-state index is 11.9. The highest BCUT2D eigenvalue weighted by atomic mass is 16.5. The molecule has 0 unspecified atom stereocenters. The van der Waals surface area contributed by atoms with Crippen molar-refractivity contribution >= 4 is 11.6 Å². The average Bonchev–Trinajstić information content (AvgIpc) is 2.33. The van der Waals surface area contributed by atoms with Crippen LogP contribution in [0.15, 0.2) is 12.1 Å². The van der Waals surface area contributed by atoms with Crippen LogP contribution in [0.4, 0.5) is 5.69 Å². The van der Waals surface area contributed by atoms with Crippen LogP contribution in [0, 0.1) is 30.6 Å². The average molecular weight is 246 g/mol. The van der Waals surface area contributed by atoms with Crippen LogP contribution >= 0.6 is 0 Å². The predicted molar refractivity (Wildman–Crippen MR) is 70.5 cm³/mol. The lowest BCUT2D eigenvalue weighted by Gasteiger charge is -2.18. The lowest BCUT2D eigenvalue weighted by atomic mass is 9.94. The van der Waals surface area contributed by atoms with Gasteiger partial charge in [-0.3, -0.25) is 4.79 Å². The summed E-state index contributed by atoms with van der Waals surface area (Å²) in [6, 6.07) is 5.68. The molecule has 0 radical (unpaired) electrons. The molecule has 1 amide bonds. The van der Waals surface area contributed by atoms with Crippen molar-refractivity contribution < 1.29 is 9.53 Å². The van der Waals surface area contributed by atoms with E-state index in [9.17, 15) is 4.79 Å². The highest BCUT2D eigenvalue weighted by molar-refractivity contribution is 5.97. The normalized spacial score (nSPS) is 10.7. The van der Waals surface area contributed by atoms with Crippen molar-refractivity contribution in [3.05, 3.63) is 23.3 Å². The van der Waals surface area contributed by atoms with Gasteiger partial charge in [0.2, 0.25) is 5.91 Å². The monoisotopic (exact) mass is 246 g/mol. The van der Waals surface area contributed by atoms with E-state index >= 15 is 0 Å². The standard InChI is InChI=1S/C14H18N2O2/c1-9-6-11(12(18-5)7-10(9)2)16-13(17)14(3,4)8-15/h6-7H,1-5H3,(H,16,17). The summed E-state index contributed by atoms with van der Waals surface area (Å²) < 4.78 is 5.23. The number of hydrogen-bond acceptors (Lipinski definition) is 3. The molecule has 4 heteroatoms. The number of methoxy groups -OCH3 is 1. The molecule has 0 bridgehead atoms. The van der Waals surface area contributed by atoms with Gasteiger partial charge in [0.05, 0.1) is 18.9 Å². The largest absolute Gasteiger partial charge is 0.495 e. The highest BCUT2D eigenvalue weighted by Gasteiger charge is 2.28. The molecule has 0 fully saturated rings. The smallest absolute Gasteiger partial charge is 0.244 e. The number of benzene rings is 1. The van der Waals surface area contributed by atoms with Gasteiger partial charge in [-0.15, -0.1) is 0 Å². The predicted octanol–water partition coefficient (Wildman–Crippen LogP) is 2.80. The number of rotatable bonds is 3. The maximum Gasteiger partial charge on any atom is 0.244 e. The number of nitrogens with zero attached hydrogens (tertiary/aromatic N) is 1. The van der Waals surface area contributed by atoms with Gasteiger partial charge in [-0.2, -0.15) is 5.26 Å². The van der Waals surface area contributed by atoms with Crippen molar-refractivity contribution in [2.45, 2.75) is 27.7 Å². The number of carbonyl (C=O) groups is 1. The van der Waals surface area contributed by atoms with Gasteiger partial charge in [-0.1, -0.05) is 0 Å². The molecule has 1 N–H and O–H groups in total. The van der Waals surface area contributed by atoms with Gasteiger partial charge in [0.25, 0.3) is 0 Å². The first-order chi connectivity index (χ1) is 8.31. The van der Waals surface area contributed by atoms with E-state index in [2.05, 4.69) is 5.32 Å². The molecule has 0 heterocycles. The van der Waals surface area contributed by atoms with Crippen molar-refractivity contribution in [3.63, 3.8) is 0 Å². The molecule has 0 aliphatic carbocycles. The van der Waals surface area contributed by atoms with Crippen molar-refractivity contribution in [2.24, 2.45) is 5.41 Å². The lowest BCUT2D eigenvalue weighted by Crippen LogP contribution is -2.29. The van der Waals surface area contributed by atoms with Crippen molar-refractivity contribution in [1.82, 2.24) is 0 Å². The Morgan fingerprint density at radius 3 is 2.39 bits per heavy atom. The lowest BCUT2D eigenvalue weighted by molar-refractivity contribution is -0.121. The van der Waals surface area contributed by atoms with Crippen molar-refractivity contribution in [1.29, 1.82) is 5.26 Å². The molecular weight excluding hydrogens is 228 g/mol. The Kier molecular flexibility index (Phi) is 3.97. The summed E-state index contributed by atoms with van der Waals surface area (Å²) in [6.07, 6.45) is 0. The van der Waals surface area contributed by atoms with Crippen LogP contribution in [0.25, 0.3) is 0 Å². The third-order valence-electron chi connectivity index (χ3n) is 2.91.